The number of nitrogens with two attached hydrogens (primary N) is 1. The zero-order valence-corrected chi connectivity index (χ0v) is 9.05. The Morgan fingerprint density at radius 1 is 1.55 bits per heavy atom. The average molecular weight is 218 g/mol. The van der Waals surface area contributed by atoms with Gasteiger partial charge in [-0.15, -0.1) is 0 Å². The predicted octanol–water partition coefficient (Wildman–Crippen LogP) is -1.97. The Kier molecular flexibility index (Phi) is 10.8. The fourth-order valence-electron chi connectivity index (χ4n) is 0.212. The van der Waals surface area contributed by atoms with Crippen molar-refractivity contribution in [1.82, 2.24) is 0 Å². The molecule has 0 fully saturated rings. The Morgan fingerprint density at radius 3 is 2.45 bits per heavy atom. The number of quaternary nitrogens is 1. The zero-order valence-electron chi connectivity index (χ0n) is 6.67. The minimum Gasteiger partial charge on any atom is -1.00 e. The Morgan fingerprint density at radius 2 is 2.09 bits per heavy atom. The van der Waals surface area contributed by atoms with E-state index in [1.54, 1.807) is 0 Å². The van der Waals surface area contributed by atoms with Gasteiger partial charge >= 0.3 is 5.30 Å². The summed E-state index contributed by atoms with van der Waals surface area (Å²) in [4.78, 5) is 10.5. The van der Waals surface area contributed by atoms with E-state index in [0.29, 0.717) is 6.04 Å². The van der Waals surface area contributed by atoms with Gasteiger partial charge in [-0.05, 0) is 13.8 Å². The second kappa shape index (κ2) is 8.52. The third kappa shape index (κ3) is 10.4. The molecule has 0 saturated heterocycles. The summed E-state index contributed by atoms with van der Waals surface area (Å²) >= 11 is 0. The molecule has 0 bridgehead atoms. The first kappa shape index (κ1) is 14.0. The van der Waals surface area contributed by atoms with Gasteiger partial charge in [-0.1, -0.05) is 0 Å². The van der Waals surface area contributed by atoms with Crippen LogP contribution in [0.5, 0.6) is 0 Å². The molecule has 0 aromatic carbocycles. The molecule has 0 spiro atoms. The molecule has 0 saturated carbocycles. The third-order valence-corrected chi connectivity index (χ3v) is 2.70. The van der Waals surface area contributed by atoms with Crippen LogP contribution >= 0.6 is 21.8 Å². The summed E-state index contributed by atoms with van der Waals surface area (Å²) in [5, 5.41) is -0.248. The third-order valence-electron chi connectivity index (χ3n) is 0.611. The summed E-state index contributed by atoms with van der Waals surface area (Å²) in [7, 11) is 3.90. The van der Waals surface area contributed by atoms with Crippen LogP contribution in [0.15, 0.2) is 0 Å². The number of carbonyl (C=O) groups is 1. The van der Waals surface area contributed by atoms with Crippen LogP contribution in [0.1, 0.15) is 13.8 Å². The van der Waals surface area contributed by atoms with E-state index in [2.05, 4.69) is 18.6 Å². The summed E-state index contributed by atoms with van der Waals surface area (Å²) in [6.07, 6.45) is 0. The maximum absolute atomic E-state index is 10.5. The Labute approximate surface area is 81.0 Å². The maximum Gasteiger partial charge on any atom is 0.382 e. The van der Waals surface area contributed by atoms with E-state index in [4.69, 9.17) is 0 Å². The average Bonchev–Trinajstić information content (AvgIpc) is 1.87. The van der Waals surface area contributed by atoms with Crippen molar-refractivity contribution in [2.45, 2.75) is 19.9 Å². The molecule has 0 aromatic heterocycles. The SMILES string of the molecule is COC(=O)SS[NH2+]C(C)C.[Cl-]. The van der Waals surface area contributed by atoms with Crippen molar-refractivity contribution in [3.8, 4) is 0 Å². The van der Waals surface area contributed by atoms with Crippen molar-refractivity contribution < 1.29 is 26.7 Å². The van der Waals surface area contributed by atoms with Crippen molar-refractivity contribution in [3.63, 3.8) is 0 Å². The van der Waals surface area contributed by atoms with Gasteiger partial charge in [0, 0.05) is 0 Å². The van der Waals surface area contributed by atoms with Crippen molar-refractivity contribution in [3.05, 3.63) is 0 Å². The van der Waals surface area contributed by atoms with Crippen LogP contribution in [-0.2, 0) is 4.74 Å². The second-order valence-electron chi connectivity index (χ2n) is 2.01. The zero-order chi connectivity index (χ0) is 7.98. The maximum atomic E-state index is 10.5. The predicted molar refractivity (Wildman–Crippen MR) is 44.6 cm³/mol. The fraction of sp³-hybridized carbons (Fsp3) is 0.800. The van der Waals surface area contributed by atoms with Crippen molar-refractivity contribution in [2.24, 2.45) is 0 Å². The van der Waals surface area contributed by atoms with Crippen LogP contribution in [0.4, 0.5) is 4.79 Å². The summed E-state index contributed by atoms with van der Waals surface area (Å²) in [5.74, 6) is 0. The number of halogens is 1. The topological polar surface area (TPSA) is 42.9 Å². The molecule has 0 heterocycles. The van der Waals surface area contributed by atoms with E-state index in [1.807, 2.05) is 4.72 Å². The van der Waals surface area contributed by atoms with Gasteiger partial charge in [0.2, 0.25) is 0 Å². The molecule has 0 atom stereocenters. The minimum atomic E-state index is -0.248. The van der Waals surface area contributed by atoms with Gasteiger partial charge in [0.1, 0.15) is 0 Å². The first-order chi connectivity index (χ1) is 4.66. The number of rotatable bonds is 3. The van der Waals surface area contributed by atoms with Crippen LogP contribution in [0.2, 0.25) is 0 Å². The van der Waals surface area contributed by atoms with Gasteiger partial charge in [-0.2, -0.15) is 0 Å². The Balaban J connectivity index is 0. The lowest BCUT2D eigenvalue weighted by Crippen LogP contribution is -3.00. The molecule has 0 rings (SSSR count). The number of carbonyl (C=O) groups excluding carboxylic acids is 1. The van der Waals surface area contributed by atoms with Crippen molar-refractivity contribution in [2.75, 3.05) is 7.11 Å². The van der Waals surface area contributed by atoms with Crippen LogP contribution in [0.3, 0.4) is 0 Å². The first-order valence-corrected chi connectivity index (χ1v) is 5.12. The number of hydrogen-bond acceptors (Lipinski definition) is 4. The molecule has 68 valence electrons. The monoisotopic (exact) mass is 217 g/mol. The van der Waals surface area contributed by atoms with E-state index >= 15 is 0 Å². The van der Waals surface area contributed by atoms with Gasteiger partial charge in [-0.3, -0.25) is 4.72 Å². The van der Waals surface area contributed by atoms with E-state index in [9.17, 15) is 4.79 Å². The van der Waals surface area contributed by atoms with Gasteiger partial charge in [-0.25, -0.2) is 4.79 Å². The molecule has 0 unspecified atom stereocenters. The van der Waals surface area contributed by atoms with Gasteiger partial charge < -0.3 is 17.1 Å². The summed E-state index contributed by atoms with van der Waals surface area (Å²) < 4.78 is 6.40. The minimum absolute atomic E-state index is 0. The van der Waals surface area contributed by atoms with Gasteiger partial charge in [0.05, 0.1) is 23.9 Å². The highest BCUT2D eigenvalue weighted by Gasteiger charge is 2.05. The standard InChI is InChI=1S/C5H11NO2S2.ClH/c1-4(2)6-10-9-5(7)8-3;/h4,6H,1-3H3;1H. The molecule has 0 aliphatic carbocycles. The second-order valence-corrected chi connectivity index (χ2v) is 4.06. The Hall–Kier alpha value is 0.420. The number of methoxy groups -OCH3 is 1. The highest BCUT2D eigenvalue weighted by Crippen LogP contribution is 2.14. The van der Waals surface area contributed by atoms with Gasteiger partial charge in [0.25, 0.3) is 0 Å². The van der Waals surface area contributed by atoms with E-state index in [1.165, 1.54) is 18.1 Å². The van der Waals surface area contributed by atoms with E-state index in [0.717, 1.165) is 10.8 Å². The quantitative estimate of drug-likeness (QED) is 0.338. The van der Waals surface area contributed by atoms with E-state index < -0.39 is 0 Å². The highest BCUT2D eigenvalue weighted by molar-refractivity contribution is 8.79. The normalized spacial score (nSPS) is 9.09. The lowest BCUT2D eigenvalue weighted by molar-refractivity contribution is -0.512. The summed E-state index contributed by atoms with van der Waals surface area (Å²) in [5.41, 5.74) is 0. The molecule has 0 aliphatic heterocycles. The van der Waals surface area contributed by atoms with Crippen LogP contribution < -0.4 is 17.1 Å². The van der Waals surface area contributed by atoms with Crippen LogP contribution in [0, 0.1) is 0 Å². The molecular formula is C5H12ClNO2S2. The van der Waals surface area contributed by atoms with Crippen molar-refractivity contribution >= 4 is 27.1 Å². The molecule has 0 aliphatic rings. The molecule has 11 heavy (non-hydrogen) atoms. The van der Waals surface area contributed by atoms with Crippen molar-refractivity contribution in [1.29, 1.82) is 0 Å². The molecule has 6 heteroatoms. The first-order valence-electron chi connectivity index (χ1n) is 2.91. The molecular weight excluding hydrogens is 206 g/mol. The fourth-order valence-corrected chi connectivity index (χ4v) is 1.91. The summed E-state index contributed by atoms with van der Waals surface area (Å²) in [6.45, 7) is 4.12. The largest absolute Gasteiger partial charge is 1.00 e. The number of ether oxygens (including phenoxy) is 1. The number of hydrogen-bond donors (Lipinski definition) is 1. The smallest absolute Gasteiger partial charge is 0.382 e. The molecule has 0 amide bonds. The van der Waals surface area contributed by atoms with Crippen LogP contribution in [0.25, 0.3) is 0 Å². The van der Waals surface area contributed by atoms with Crippen LogP contribution in [-0.4, -0.2) is 18.5 Å². The lowest BCUT2D eigenvalue weighted by Gasteiger charge is -1.98. The lowest BCUT2D eigenvalue weighted by atomic mass is 10.4. The summed E-state index contributed by atoms with van der Waals surface area (Å²) in [6, 6.07) is 0.502. The van der Waals surface area contributed by atoms with Gasteiger partial charge in [0.15, 0.2) is 11.0 Å². The Bertz CT molecular complexity index is 113. The highest BCUT2D eigenvalue weighted by atomic mass is 35.5. The molecule has 0 aromatic rings. The van der Waals surface area contributed by atoms with E-state index in [-0.39, 0.29) is 17.7 Å². The molecule has 3 nitrogen and oxygen atoms in total. The molecule has 2 N–H and O–H groups in total. The molecule has 0 radical (unpaired) electrons.